The average molecular weight is 183 g/mol. The number of rotatable bonds is 0. The van der Waals surface area contributed by atoms with Crippen LogP contribution in [0.2, 0.25) is 0 Å². The highest BCUT2D eigenvalue weighted by Gasteiger charge is 2.06. The maximum atomic E-state index is 4.17. The van der Waals surface area contributed by atoms with Crippen molar-refractivity contribution in [1.29, 1.82) is 0 Å². The molecule has 1 aromatic heterocycles. The van der Waals surface area contributed by atoms with Crippen LogP contribution in [0.1, 0.15) is 5.56 Å². The third-order valence-corrected chi connectivity index (χ3v) is 2.51. The summed E-state index contributed by atoms with van der Waals surface area (Å²) in [6, 6.07) is 10.4. The fourth-order valence-electron chi connectivity index (χ4n) is 1.83. The fraction of sp³-hybridized carbons (Fsp3) is 0.0909. The molecule has 3 nitrogen and oxygen atoms in total. The summed E-state index contributed by atoms with van der Waals surface area (Å²) in [6.07, 6.45) is 0. The van der Waals surface area contributed by atoms with E-state index < -0.39 is 0 Å². The van der Waals surface area contributed by atoms with Crippen LogP contribution >= 0.6 is 0 Å². The number of benzene rings is 2. The molecule has 3 aromatic rings. The molecule has 14 heavy (non-hydrogen) atoms. The van der Waals surface area contributed by atoms with E-state index in [0.717, 1.165) is 22.0 Å². The molecule has 0 bridgehead atoms. The second-order valence-electron chi connectivity index (χ2n) is 3.44. The monoisotopic (exact) mass is 183 g/mol. The molecule has 1 N–H and O–H groups in total. The predicted molar refractivity (Wildman–Crippen MR) is 56.1 cm³/mol. The van der Waals surface area contributed by atoms with Crippen molar-refractivity contribution in [3.8, 4) is 0 Å². The number of aryl methyl sites for hydroxylation is 1. The normalized spacial score (nSPS) is 11.2. The minimum atomic E-state index is 0.959. The molecule has 0 amide bonds. The lowest BCUT2D eigenvalue weighted by Crippen LogP contribution is -1.80. The summed E-state index contributed by atoms with van der Waals surface area (Å²) in [5.74, 6) is 0. The summed E-state index contributed by atoms with van der Waals surface area (Å²) in [4.78, 5) is 0. The smallest absolute Gasteiger partial charge is 0.121 e. The van der Waals surface area contributed by atoms with Crippen LogP contribution < -0.4 is 0 Å². The first-order chi connectivity index (χ1) is 6.86. The highest BCUT2D eigenvalue weighted by Crippen LogP contribution is 2.24. The zero-order chi connectivity index (χ0) is 9.54. The SMILES string of the molecule is Cc1cc2ccccc2c2n[nH]nc12. The van der Waals surface area contributed by atoms with Gasteiger partial charge in [0.1, 0.15) is 11.0 Å². The Kier molecular flexibility index (Phi) is 1.36. The summed E-state index contributed by atoms with van der Waals surface area (Å²) >= 11 is 0. The van der Waals surface area contributed by atoms with Crippen LogP contribution in [0.5, 0.6) is 0 Å². The first kappa shape index (κ1) is 7.50. The van der Waals surface area contributed by atoms with Crippen molar-refractivity contribution in [3.05, 3.63) is 35.9 Å². The standard InChI is InChI=1S/C11H9N3/c1-7-6-8-4-2-3-5-9(8)11-10(7)12-14-13-11/h2-6H,1H3,(H,12,13,14). The Morgan fingerprint density at radius 2 is 1.86 bits per heavy atom. The molecule has 0 saturated carbocycles. The second kappa shape index (κ2) is 2.54. The van der Waals surface area contributed by atoms with Gasteiger partial charge in [0.25, 0.3) is 0 Å². The molecule has 2 aromatic carbocycles. The van der Waals surface area contributed by atoms with E-state index in [9.17, 15) is 0 Å². The highest BCUT2D eigenvalue weighted by atomic mass is 15.3. The van der Waals surface area contributed by atoms with Crippen LogP contribution in [0, 0.1) is 6.92 Å². The van der Waals surface area contributed by atoms with Gasteiger partial charge in [-0.1, -0.05) is 24.3 Å². The number of hydrogen-bond acceptors (Lipinski definition) is 2. The van der Waals surface area contributed by atoms with Gasteiger partial charge in [0, 0.05) is 5.39 Å². The van der Waals surface area contributed by atoms with Crippen molar-refractivity contribution in [3.63, 3.8) is 0 Å². The van der Waals surface area contributed by atoms with Crippen LogP contribution in [0.15, 0.2) is 30.3 Å². The lowest BCUT2D eigenvalue weighted by Gasteiger charge is -1.99. The lowest BCUT2D eigenvalue weighted by molar-refractivity contribution is 0.959. The van der Waals surface area contributed by atoms with Gasteiger partial charge in [0.15, 0.2) is 0 Å². The number of nitrogens with zero attached hydrogens (tertiary/aromatic N) is 2. The van der Waals surface area contributed by atoms with E-state index in [1.165, 1.54) is 5.39 Å². The van der Waals surface area contributed by atoms with E-state index in [4.69, 9.17) is 0 Å². The first-order valence-corrected chi connectivity index (χ1v) is 4.55. The van der Waals surface area contributed by atoms with Crippen molar-refractivity contribution < 1.29 is 0 Å². The van der Waals surface area contributed by atoms with Crippen LogP contribution in [0.3, 0.4) is 0 Å². The van der Waals surface area contributed by atoms with Crippen molar-refractivity contribution in [2.45, 2.75) is 6.92 Å². The van der Waals surface area contributed by atoms with E-state index in [-0.39, 0.29) is 0 Å². The molecule has 0 atom stereocenters. The highest BCUT2D eigenvalue weighted by molar-refractivity contribution is 6.04. The number of nitrogens with one attached hydrogen (secondary N) is 1. The van der Waals surface area contributed by atoms with E-state index in [2.05, 4.69) is 40.5 Å². The zero-order valence-corrected chi connectivity index (χ0v) is 7.78. The van der Waals surface area contributed by atoms with Crippen LogP contribution in [-0.4, -0.2) is 15.4 Å². The molecule has 0 saturated heterocycles. The molecule has 68 valence electrons. The van der Waals surface area contributed by atoms with Crippen molar-refractivity contribution in [1.82, 2.24) is 15.4 Å². The lowest BCUT2D eigenvalue weighted by atomic mass is 10.1. The van der Waals surface area contributed by atoms with Gasteiger partial charge in [-0.05, 0) is 23.9 Å². The van der Waals surface area contributed by atoms with Crippen molar-refractivity contribution >= 4 is 21.8 Å². The van der Waals surface area contributed by atoms with E-state index >= 15 is 0 Å². The Morgan fingerprint density at radius 3 is 2.79 bits per heavy atom. The van der Waals surface area contributed by atoms with Crippen molar-refractivity contribution in [2.24, 2.45) is 0 Å². The summed E-state index contributed by atoms with van der Waals surface area (Å²) in [6.45, 7) is 2.05. The number of fused-ring (bicyclic) bond motifs is 3. The molecule has 0 spiro atoms. The van der Waals surface area contributed by atoms with Gasteiger partial charge in [-0.25, -0.2) is 0 Å². The zero-order valence-electron chi connectivity index (χ0n) is 7.78. The Labute approximate surface area is 80.7 Å². The fourth-order valence-corrected chi connectivity index (χ4v) is 1.83. The Balaban J connectivity index is 2.66. The van der Waals surface area contributed by atoms with Crippen molar-refractivity contribution in [2.75, 3.05) is 0 Å². The summed E-state index contributed by atoms with van der Waals surface area (Å²) < 4.78 is 0. The van der Waals surface area contributed by atoms with E-state index in [1.807, 2.05) is 12.1 Å². The van der Waals surface area contributed by atoms with Gasteiger partial charge in [-0.15, -0.1) is 0 Å². The molecule has 1 heterocycles. The second-order valence-corrected chi connectivity index (χ2v) is 3.44. The van der Waals surface area contributed by atoms with Gasteiger partial charge in [0.2, 0.25) is 0 Å². The number of aromatic amines is 1. The Morgan fingerprint density at radius 1 is 1.07 bits per heavy atom. The van der Waals surface area contributed by atoms with Gasteiger partial charge < -0.3 is 0 Å². The number of aromatic nitrogens is 3. The molecule has 3 rings (SSSR count). The maximum Gasteiger partial charge on any atom is 0.121 e. The van der Waals surface area contributed by atoms with Gasteiger partial charge in [-0.2, -0.15) is 15.4 Å². The average Bonchev–Trinajstić information content (AvgIpc) is 2.67. The number of H-pyrrole nitrogens is 1. The summed E-state index contributed by atoms with van der Waals surface area (Å²) in [5, 5.41) is 13.3. The molecule has 0 aliphatic rings. The van der Waals surface area contributed by atoms with Crippen LogP contribution in [0.25, 0.3) is 21.8 Å². The van der Waals surface area contributed by atoms with Gasteiger partial charge in [-0.3, -0.25) is 0 Å². The maximum absolute atomic E-state index is 4.17. The summed E-state index contributed by atoms with van der Waals surface area (Å²) in [5.41, 5.74) is 3.08. The largest absolute Gasteiger partial charge is 0.197 e. The predicted octanol–water partition coefficient (Wildman–Crippen LogP) is 2.42. The third-order valence-electron chi connectivity index (χ3n) is 2.51. The molecule has 3 heteroatoms. The molecule has 0 aliphatic heterocycles. The molecule has 0 fully saturated rings. The minimum Gasteiger partial charge on any atom is -0.197 e. The Hall–Kier alpha value is -1.90. The van der Waals surface area contributed by atoms with Crippen LogP contribution in [-0.2, 0) is 0 Å². The first-order valence-electron chi connectivity index (χ1n) is 4.55. The van der Waals surface area contributed by atoms with Crippen LogP contribution in [0.4, 0.5) is 0 Å². The topological polar surface area (TPSA) is 41.6 Å². The molecule has 0 unspecified atom stereocenters. The van der Waals surface area contributed by atoms with Gasteiger partial charge >= 0.3 is 0 Å². The molecular weight excluding hydrogens is 174 g/mol. The minimum absolute atomic E-state index is 0.959. The molecular formula is C11H9N3. The Bertz CT molecular complexity index is 610. The van der Waals surface area contributed by atoms with E-state index in [1.54, 1.807) is 0 Å². The molecule has 0 radical (unpaired) electrons. The number of hydrogen-bond donors (Lipinski definition) is 1. The van der Waals surface area contributed by atoms with E-state index in [0.29, 0.717) is 0 Å². The third kappa shape index (κ3) is 0.865. The van der Waals surface area contributed by atoms with Gasteiger partial charge in [0.05, 0.1) is 0 Å². The molecule has 0 aliphatic carbocycles. The quantitative estimate of drug-likeness (QED) is 0.581. The summed E-state index contributed by atoms with van der Waals surface area (Å²) in [7, 11) is 0.